The van der Waals surface area contributed by atoms with Crippen LogP contribution in [0.2, 0.25) is 10.0 Å². The van der Waals surface area contributed by atoms with E-state index in [1.165, 1.54) is 12.1 Å². The van der Waals surface area contributed by atoms with Crippen molar-refractivity contribution in [2.75, 3.05) is 25.0 Å². The quantitative estimate of drug-likeness (QED) is 0.669. The minimum absolute atomic E-state index is 0.0651. The smallest absolute Gasteiger partial charge is 0.294 e. The van der Waals surface area contributed by atoms with Crippen molar-refractivity contribution in [1.82, 2.24) is 0 Å². The summed E-state index contributed by atoms with van der Waals surface area (Å²) < 4.78 is 0. The Morgan fingerprint density at radius 3 is 2.37 bits per heavy atom. The zero-order valence-electron chi connectivity index (χ0n) is 11.1. The summed E-state index contributed by atoms with van der Waals surface area (Å²) in [6.07, 6.45) is 0. The van der Waals surface area contributed by atoms with E-state index in [-0.39, 0.29) is 16.1 Å². The molecule has 0 unspecified atom stereocenters. The van der Waals surface area contributed by atoms with Gasteiger partial charge < -0.3 is 10.6 Å². The number of halogens is 2. The molecule has 0 atom stereocenters. The summed E-state index contributed by atoms with van der Waals surface area (Å²) in [5.41, 5.74) is 5.89. The number of benzene rings is 1. The molecular weight excluding hydrogens is 289 g/mol. The van der Waals surface area contributed by atoms with Crippen LogP contribution in [-0.4, -0.2) is 25.1 Å². The van der Waals surface area contributed by atoms with Crippen molar-refractivity contribution in [2.24, 2.45) is 11.1 Å². The Balaban J connectivity index is 3.18. The fourth-order valence-electron chi connectivity index (χ4n) is 1.77. The molecule has 1 rings (SSSR count). The molecule has 0 aliphatic heterocycles. The minimum Gasteiger partial charge on any atom is -0.368 e. The maximum Gasteiger partial charge on any atom is 0.294 e. The number of nitrogens with two attached hydrogens (primary N) is 1. The lowest BCUT2D eigenvalue weighted by atomic mass is 9.93. The van der Waals surface area contributed by atoms with E-state index in [1.807, 2.05) is 13.8 Å². The summed E-state index contributed by atoms with van der Waals surface area (Å²) in [7, 11) is 1.77. The van der Waals surface area contributed by atoms with Gasteiger partial charge in [-0.2, -0.15) is 0 Å². The molecule has 1 aromatic carbocycles. The third-order valence-corrected chi connectivity index (χ3v) is 3.57. The van der Waals surface area contributed by atoms with E-state index in [1.54, 1.807) is 11.9 Å². The highest BCUT2D eigenvalue weighted by molar-refractivity contribution is 6.42. The van der Waals surface area contributed by atoms with Crippen molar-refractivity contribution >= 4 is 34.6 Å². The van der Waals surface area contributed by atoms with E-state index in [9.17, 15) is 10.1 Å². The van der Waals surface area contributed by atoms with Crippen LogP contribution in [0.4, 0.5) is 11.4 Å². The summed E-state index contributed by atoms with van der Waals surface area (Å²) in [5.74, 6) is 0. The van der Waals surface area contributed by atoms with Crippen LogP contribution in [0.15, 0.2) is 12.1 Å². The fourth-order valence-corrected chi connectivity index (χ4v) is 2.09. The lowest BCUT2D eigenvalue weighted by molar-refractivity contribution is -0.384. The number of nitro groups is 1. The number of rotatable bonds is 5. The first-order valence-electron chi connectivity index (χ1n) is 5.72. The molecule has 1 aromatic rings. The second kappa shape index (κ2) is 5.94. The third-order valence-electron chi connectivity index (χ3n) is 2.84. The van der Waals surface area contributed by atoms with Gasteiger partial charge in [0.25, 0.3) is 5.69 Å². The van der Waals surface area contributed by atoms with Crippen molar-refractivity contribution in [2.45, 2.75) is 13.8 Å². The van der Waals surface area contributed by atoms with Gasteiger partial charge in [0.2, 0.25) is 0 Å². The molecule has 0 bridgehead atoms. The largest absolute Gasteiger partial charge is 0.368 e. The normalized spacial score (nSPS) is 11.5. The third kappa shape index (κ3) is 3.96. The number of nitro benzene ring substituents is 1. The van der Waals surface area contributed by atoms with Crippen LogP contribution in [0.3, 0.4) is 0 Å². The molecule has 19 heavy (non-hydrogen) atoms. The van der Waals surface area contributed by atoms with Crippen molar-refractivity contribution in [3.05, 3.63) is 32.3 Å². The van der Waals surface area contributed by atoms with E-state index in [2.05, 4.69) is 0 Å². The van der Waals surface area contributed by atoms with Crippen molar-refractivity contribution in [3.8, 4) is 0 Å². The predicted octanol–water partition coefficient (Wildman–Crippen LogP) is 3.32. The summed E-state index contributed by atoms with van der Waals surface area (Å²) in [4.78, 5) is 12.4. The van der Waals surface area contributed by atoms with Crippen LogP contribution in [0.5, 0.6) is 0 Å². The molecule has 0 saturated heterocycles. The molecule has 0 saturated carbocycles. The van der Waals surface area contributed by atoms with E-state index in [0.717, 1.165) is 0 Å². The summed E-state index contributed by atoms with van der Waals surface area (Å²) in [5, 5.41) is 11.5. The van der Waals surface area contributed by atoms with Crippen LogP contribution in [0.25, 0.3) is 0 Å². The zero-order chi connectivity index (χ0) is 14.8. The Labute approximate surface area is 122 Å². The molecule has 0 fully saturated rings. The number of anilines is 1. The Bertz CT molecular complexity index is 492. The van der Waals surface area contributed by atoms with E-state index in [0.29, 0.717) is 23.8 Å². The van der Waals surface area contributed by atoms with Crippen LogP contribution in [0.1, 0.15) is 13.8 Å². The topological polar surface area (TPSA) is 72.4 Å². The summed E-state index contributed by atoms with van der Waals surface area (Å²) in [6, 6.07) is 2.78. The first kappa shape index (κ1) is 16.0. The Hall–Kier alpha value is -1.04. The maximum absolute atomic E-state index is 11.1. The lowest BCUT2D eigenvalue weighted by Crippen LogP contribution is -2.37. The van der Waals surface area contributed by atoms with Gasteiger partial charge in [-0.3, -0.25) is 10.1 Å². The molecule has 0 radical (unpaired) electrons. The van der Waals surface area contributed by atoms with Gasteiger partial charge in [-0.15, -0.1) is 0 Å². The zero-order valence-corrected chi connectivity index (χ0v) is 12.6. The highest BCUT2D eigenvalue weighted by atomic mass is 35.5. The second-order valence-electron chi connectivity index (χ2n) is 5.24. The first-order valence-corrected chi connectivity index (χ1v) is 6.48. The average molecular weight is 306 g/mol. The lowest BCUT2D eigenvalue weighted by Gasteiger charge is -2.30. The molecular formula is C12H17Cl2N3O2. The summed E-state index contributed by atoms with van der Waals surface area (Å²) >= 11 is 11.8. The maximum atomic E-state index is 11.1. The monoisotopic (exact) mass is 305 g/mol. The highest BCUT2D eigenvalue weighted by Crippen LogP contribution is 2.36. The van der Waals surface area contributed by atoms with E-state index >= 15 is 0 Å². The molecule has 0 aliphatic rings. The van der Waals surface area contributed by atoms with Gasteiger partial charge >= 0.3 is 0 Å². The van der Waals surface area contributed by atoms with Crippen molar-refractivity contribution in [3.63, 3.8) is 0 Å². The SMILES string of the molecule is CN(CC(C)(C)CN)c1cc(Cl)c(Cl)cc1[N+](=O)[O-]. The van der Waals surface area contributed by atoms with Crippen LogP contribution < -0.4 is 10.6 Å². The van der Waals surface area contributed by atoms with Gasteiger partial charge in [0.05, 0.1) is 15.0 Å². The van der Waals surface area contributed by atoms with Crippen LogP contribution in [0, 0.1) is 15.5 Å². The standard InChI is InChI=1S/C12H17Cl2N3O2/c1-12(2,6-15)7-16(3)10-4-8(13)9(14)5-11(10)17(18)19/h4-5H,6-7,15H2,1-3H3. The van der Waals surface area contributed by atoms with Gasteiger partial charge in [0.1, 0.15) is 5.69 Å². The molecule has 106 valence electrons. The molecule has 2 N–H and O–H groups in total. The van der Waals surface area contributed by atoms with Gasteiger partial charge in [0.15, 0.2) is 0 Å². The number of hydrogen-bond donors (Lipinski definition) is 1. The van der Waals surface area contributed by atoms with Gasteiger partial charge in [-0.25, -0.2) is 0 Å². The van der Waals surface area contributed by atoms with E-state index < -0.39 is 4.92 Å². The molecule has 5 nitrogen and oxygen atoms in total. The fraction of sp³-hybridized carbons (Fsp3) is 0.500. The van der Waals surface area contributed by atoms with Crippen LogP contribution >= 0.6 is 23.2 Å². The molecule has 7 heteroatoms. The van der Waals surface area contributed by atoms with Crippen molar-refractivity contribution < 1.29 is 4.92 Å². The minimum atomic E-state index is -0.469. The Morgan fingerprint density at radius 1 is 1.37 bits per heavy atom. The first-order chi connectivity index (χ1) is 8.68. The second-order valence-corrected chi connectivity index (χ2v) is 6.05. The molecule has 0 amide bonds. The van der Waals surface area contributed by atoms with E-state index in [4.69, 9.17) is 28.9 Å². The predicted molar refractivity (Wildman–Crippen MR) is 79.2 cm³/mol. The van der Waals surface area contributed by atoms with Gasteiger partial charge in [0, 0.05) is 19.7 Å². The van der Waals surface area contributed by atoms with Crippen molar-refractivity contribution in [1.29, 1.82) is 0 Å². The van der Waals surface area contributed by atoms with Gasteiger partial charge in [-0.1, -0.05) is 37.0 Å². The average Bonchev–Trinajstić information content (AvgIpc) is 2.31. The molecule has 0 aliphatic carbocycles. The highest BCUT2D eigenvalue weighted by Gasteiger charge is 2.24. The van der Waals surface area contributed by atoms with Gasteiger partial charge in [-0.05, 0) is 18.0 Å². The molecule has 0 aromatic heterocycles. The Kier molecular flexibility index (Phi) is 5.01. The molecule has 0 spiro atoms. The summed E-state index contributed by atoms with van der Waals surface area (Å²) in [6.45, 7) is 5.04. The molecule has 0 heterocycles. The number of nitrogens with zero attached hydrogens (tertiary/aromatic N) is 2. The Morgan fingerprint density at radius 2 is 1.89 bits per heavy atom. The number of hydrogen-bond acceptors (Lipinski definition) is 4. The van der Waals surface area contributed by atoms with Crippen LogP contribution in [-0.2, 0) is 0 Å².